The van der Waals surface area contributed by atoms with Crippen LogP contribution in [0.3, 0.4) is 0 Å². The zero-order valence-electron chi connectivity index (χ0n) is 13.8. The van der Waals surface area contributed by atoms with Gasteiger partial charge in [-0.3, -0.25) is 9.69 Å². The molecule has 2 N–H and O–H groups in total. The molecule has 0 heterocycles. The average molecular weight is 288 g/mol. The smallest absolute Gasteiger partial charge is 0.325 e. The fraction of sp³-hybridized carbons (Fsp3) is 0.933. The molecule has 0 aromatic heterocycles. The number of hydrogen-bond acceptors (Lipinski definition) is 5. The van der Waals surface area contributed by atoms with Gasteiger partial charge in [-0.15, -0.1) is 0 Å². The Morgan fingerprint density at radius 3 is 2.50 bits per heavy atom. The number of hydrogen-bond donors (Lipinski definition) is 1. The minimum Gasteiger partial charge on any atom is -0.465 e. The molecule has 0 spiro atoms. The third-order valence-electron chi connectivity index (χ3n) is 3.57. The van der Waals surface area contributed by atoms with Gasteiger partial charge in [0.1, 0.15) is 5.54 Å². The van der Waals surface area contributed by atoms with Crippen molar-refractivity contribution < 1.29 is 14.3 Å². The van der Waals surface area contributed by atoms with Gasteiger partial charge in [-0.05, 0) is 53.1 Å². The molecule has 0 saturated heterocycles. The Balaban J connectivity index is 4.02. The van der Waals surface area contributed by atoms with E-state index in [0.717, 1.165) is 32.5 Å². The molecule has 2 atom stereocenters. The lowest BCUT2D eigenvalue weighted by molar-refractivity contribution is -0.149. The van der Waals surface area contributed by atoms with E-state index in [2.05, 4.69) is 18.7 Å². The van der Waals surface area contributed by atoms with E-state index in [9.17, 15) is 4.79 Å². The van der Waals surface area contributed by atoms with Gasteiger partial charge in [-0.25, -0.2) is 0 Å². The van der Waals surface area contributed by atoms with Gasteiger partial charge in [0, 0.05) is 13.2 Å². The zero-order chi connectivity index (χ0) is 15.6. The van der Waals surface area contributed by atoms with Crippen LogP contribution in [0.5, 0.6) is 0 Å². The standard InChI is InChI=1S/C15H32N2O3/c1-6-17(13(3)12-19-5)11-9-8-10-15(4,16)14(18)20-7-2/h13H,6-12,16H2,1-5H3. The number of likely N-dealkylation sites (N-methyl/N-ethyl adjacent to an activating group) is 1. The molecule has 0 amide bonds. The largest absolute Gasteiger partial charge is 0.465 e. The van der Waals surface area contributed by atoms with Crippen LogP contribution in [0.15, 0.2) is 0 Å². The minimum atomic E-state index is -0.870. The van der Waals surface area contributed by atoms with E-state index in [1.165, 1.54) is 0 Å². The highest BCUT2D eigenvalue weighted by Crippen LogP contribution is 2.14. The SMILES string of the molecule is CCOC(=O)C(C)(N)CCCCN(CC)C(C)COC. The Morgan fingerprint density at radius 1 is 1.35 bits per heavy atom. The highest BCUT2D eigenvalue weighted by atomic mass is 16.5. The zero-order valence-corrected chi connectivity index (χ0v) is 13.8. The van der Waals surface area contributed by atoms with Crippen LogP contribution in [0.1, 0.15) is 47.0 Å². The van der Waals surface area contributed by atoms with Crippen molar-refractivity contribution in [1.29, 1.82) is 0 Å². The molecular weight excluding hydrogens is 256 g/mol. The van der Waals surface area contributed by atoms with Crippen molar-refractivity contribution in [3.8, 4) is 0 Å². The molecule has 0 rings (SSSR count). The van der Waals surface area contributed by atoms with Crippen molar-refractivity contribution in [2.45, 2.75) is 58.5 Å². The van der Waals surface area contributed by atoms with Crippen molar-refractivity contribution in [2.24, 2.45) is 5.73 Å². The van der Waals surface area contributed by atoms with Crippen LogP contribution in [0.2, 0.25) is 0 Å². The van der Waals surface area contributed by atoms with Gasteiger partial charge in [0.25, 0.3) is 0 Å². The number of rotatable bonds is 11. The Kier molecular flexibility index (Phi) is 9.80. The molecule has 5 heteroatoms. The first kappa shape index (κ1) is 19.4. The summed E-state index contributed by atoms with van der Waals surface area (Å²) in [6.07, 6.45) is 2.60. The molecule has 20 heavy (non-hydrogen) atoms. The summed E-state index contributed by atoms with van der Waals surface area (Å²) in [5.41, 5.74) is 5.13. The van der Waals surface area contributed by atoms with E-state index in [0.29, 0.717) is 19.1 Å². The Bertz CT molecular complexity index is 270. The maximum Gasteiger partial charge on any atom is 0.325 e. The van der Waals surface area contributed by atoms with Gasteiger partial charge in [-0.1, -0.05) is 6.92 Å². The summed E-state index contributed by atoms with van der Waals surface area (Å²) in [6.45, 7) is 11.0. The van der Waals surface area contributed by atoms with Crippen LogP contribution in [0, 0.1) is 0 Å². The quantitative estimate of drug-likeness (QED) is 0.464. The highest BCUT2D eigenvalue weighted by Gasteiger charge is 2.29. The van der Waals surface area contributed by atoms with Crippen molar-refractivity contribution in [1.82, 2.24) is 4.90 Å². The molecule has 0 aromatic carbocycles. The average Bonchev–Trinajstić information content (AvgIpc) is 2.39. The maximum atomic E-state index is 11.7. The summed E-state index contributed by atoms with van der Waals surface area (Å²) in [7, 11) is 1.73. The summed E-state index contributed by atoms with van der Waals surface area (Å²) < 4.78 is 10.2. The molecule has 0 aliphatic carbocycles. The number of carbonyl (C=O) groups excluding carboxylic acids is 1. The molecule has 5 nitrogen and oxygen atoms in total. The van der Waals surface area contributed by atoms with E-state index in [4.69, 9.17) is 15.2 Å². The predicted octanol–water partition coefficient (Wildman–Crippen LogP) is 1.79. The third-order valence-corrected chi connectivity index (χ3v) is 3.57. The highest BCUT2D eigenvalue weighted by molar-refractivity contribution is 5.79. The molecule has 0 aromatic rings. The van der Waals surface area contributed by atoms with Crippen LogP contribution in [-0.2, 0) is 14.3 Å². The maximum absolute atomic E-state index is 11.7. The van der Waals surface area contributed by atoms with Gasteiger partial charge in [0.2, 0.25) is 0 Å². The van der Waals surface area contributed by atoms with Crippen molar-refractivity contribution >= 4 is 5.97 Å². The minimum absolute atomic E-state index is 0.305. The number of nitrogens with two attached hydrogens (primary N) is 1. The second-order valence-corrected chi connectivity index (χ2v) is 5.53. The Morgan fingerprint density at radius 2 is 2.00 bits per heavy atom. The summed E-state index contributed by atoms with van der Waals surface area (Å²) in [6, 6.07) is 0.416. The van der Waals surface area contributed by atoms with Crippen LogP contribution in [-0.4, -0.2) is 55.9 Å². The lowest BCUT2D eigenvalue weighted by atomic mass is 9.96. The molecule has 0 saturated carbocycles. The molecule has 0 aliphatic heterocycles. The first-order valence-corrected chi connectivity index (χ1v) is 7.58. The van der Waals surface area contributed by atoms with Crippen LogP contribution < -0.4 is 5.73 Å². The molecule has 0 fully saturated rings. The van der Waals surface area contributed by atoms with Gasteiger partial charge in [0.05, 0.1) is 13.2 Å². The number of esters is 1. The van der Waals surface area contributed by atoms with E-state index in [1.54, 1.807) is 21.0 Å². The number of carbonyl (C=O) groups is 1. The number of methoxy groups -OCH3 is 1. The van der Waals surface area contributed by atoms with E-state index in [1.807, 2.05) is 0 Å². The van der Waals surface area contributed by atoms with Crippen LogP contribution in [0.4, 0.5) is 0 Å². The lowest BCUT2D eigenvalue weighted by Gasteiger charge is -2.28. The molecule has 2 unspecified atom stereocenters. The number of unbranched alkanes of at least 4 members (excludes halogenated alkanes) is 1. The van der Waals surface area contributed by atoms with Gasteiger partial charge in [0.15, 0.2) is 0 Å². The molecular formula is C15H32N2O3. The second kappa shape index (κ2) is 10.1. The lowest BCUT2D eigenvalue weighted by Crippen LogP contribution is -2.46. The Labute approximate surface area is 123 Å². The van der Waals surface area contributed by atoms with Crippen molar-refractivity contribution in [2.75, 3.05) is 33.4 Å². The van der Waals surface area contributed by atoms with Crippen molar-refractivity contribution in [3.05, 3.63) is 0 Å². The van der Waals surface area contributed by atoms with E-state index >= 15 is 0 Å². The van der Waals surface area contributed by atoms with Gasteiger partial charge in [-0.2, -0.15) is 0 Å². The summed E-state index contributed by atoms with van der Waals surface area (Å²) in [5, 5.41) is 0. The van der Waals surface area contributed by atoms with Crippen LogP contribution >= 0.6 is 0 Å². The van der Waals surface area contributed by atoms with E-state index < -0.39 is 5.54 Å². The van der Waals surface area contributed by atoms with Gasteiger partial charge >= 0.3 is 5.97 Å². The van der Waals surface area contributed by atoms with E-state index in [-0.39, 0.29) is 5.97 Å². The first-order valence-electron chi connectivity index (χ1n) is 7.58. The summed E-state index contributed by atoms with van der Waals surface area (Å²) in [4.78, 5) is 14.0. The normalized spacial score (nSPS) is 15.9. The summed E-state index contributed by atoms with van der Waals surface area (Å²) >= 11 is 0. The third kappa shape index (κ3) is 7.22. The fourth-order valence-electron chi connectivity index (χ4n) is 2.24. The molecule has 0 bridgehead atoms. The second-order valence-electron chi connectivity index (χ2n) is 5.53. The molecule has 0 radical (unpaired) electrons. The van der Waals surface area contributed by atoms with Crippen molar-refractivity contribution in [3.63, 3.8) is 0 Å². The summed E-state index contributed by atoms with van der Waals surface area (Å²) in [5.74, 6) is -0.305. The molecule has 0 aliphatic rings. The number of ether oxygens (including phenoxy) is 2. The first-order chi connectivity index (χ1) is 9.38. The number of nitrogens with zero attached hydrogens (tertiary/aromatic N) is 1. The Hall–Kier alpha value is -0.650. The fourth-order valence-corrected chi connectivity index (χ4v) is 2.24. The topological polar surface area (TPSA) is 64.8 Å². The van der Waals surface area contributed by atoms with Crippen LogP contribution in [0.25, 0.3) is 0 Å². The predicted molar refractivity (Wildman–Crippen MR) is 81.7 cm³/mol. The molecule has 120 valence electrons. The van der Waals surface area contributed by atoms with Gasteiger partial charge < -0.3 is 15.2 Å². The monoisotopic (exact) mass is 288 g/mol.